The first-order chi connectivity index (χ1) is 19.8. The molecule has 0 aliphatic heterocycles. The van der Waals surface area contributed by atoms with Crippen molar-refractivity contribution >= 4 is 40.9 Å². The van der Waals surface area contributed by atoms with Gasteiger partial charge in [0.15, 0.2) is 5.88 Å². The van der Waals surface area contributed by atoms with E-state index in [1.54, 1.807) is 20.3 Å². The average Bonchev–Trinajstić information content (AvgIpc) is 2.99. The SMILES string of the molecule is [C-]#[N+]c1c(C)c(C=C=Cc2ccc(N(c3ccc(OC)cc3)c3ccc(OC)cc3)cc2)c(=O)n(CC(=O)O)c1O. The van der Waals surface area contributed by atoms with E-state index in [2.05, 4.69) is 15.5 Å². The van der Waals surface area contributed by atoms with Gasteiger partial charge >= 0.3 is 5.97 Å². The zero-order chi connectivity index (χ0) is 29.5. The lowest BCUT2D eigenvalue weighted by Gasteiger charge is -2.25. The second-order valence-electron chi connectivity index (χ2n) is 8.89. The van der Waals surface area contributed by atoms with Crippen molar-refractivity contribution in [2.75, 3.05) is 19.1 Å². The smallest absolute Gasteiger partial charge is 0.323 e. The molecule has 0 saturated heterocycles. The van der Waals surface area contributed by atoms with Gasteiger partial charge in [-0.05, 0) is 90.9 Å². The van der Waals surface area contributed by atoms with Crippen molar-refractivity contribution in [3.63, 3.8) is 0 Å². The maximum Gasteiger partial charge on any atom is 0.323 e. The molecule has 9 nitrogen and oxygen atoms in total. The highest BCUT2D eigenvalue weighted by atomic mass is 16.5. The van der Waals surface area contributed by atoms with Gasteiger partial charge in [0.25, 0.3) is 5.56 Å². The van der Waals surface area contributed by atoms with E-state index in [1.807, 2.05) is 72.8 Å². The van der Waals surface area contributed by atoms with Crippen LogP contribution < -0.4 is 19.9 Å². The molecular weight excluding hydrogens is 522 g/mol. The first kappa shape index (κ1) is 28.3. The predicted octanol–water partition coefficient (Wildman–Crippen LogP) is 6.31. The Labute approximate surface area is 236 Å². The number of carbonyl (C=O) groups is 1. The van der Waals surface area contributed by atoms with Gasteiger partial charge in [0.05, 0.1) is 20.8 Å². The minimum atomic E-state index is -1.31. The van der Waals surface area contributed by atoms with Gasteiger partial charge in [-0.3, -0.25) is 14.2 Å². The summed E-state index contributed by atoms with van der Waals surface area (Å²) in [5, 5.41) is 19.4. The maximum absolute atomic E-state index is 12.9. The molecule has 0 atom stereocenters. The van der Waals surface area contributed by atoms with Crippen LogP contribution in [-0.4, -0.2) is 35.0 Å². The molecule has 1 heterocycles. The molecule has 0 aliphatic rings. The van der Waals surface area contributed by atoms with E-state index < -0.39 is 24.0 Å². The third-order valence-corrected chi connectivity index (χ3v) is 6.40. The molecule has 41 heavy (non-hydrogen) atoms. The number of hydrogen-bond acceptors (Lipinski definition) is 6. The molecule has 3 aromatic carbocycles. The van der Waals surface area contributed by atoms with Crippen molar-refractivity contribution in [3.05, 3.63) is 117 Å². The Morgan fingerprint density at radius 3 is 1.85 bits per heavy atom. The Bertz CT molecular complexity index is 1680. The Balaban J connectivity index is 1.69. The summed E-state index contributed by atoms with van der Waals surface area (Å²) < 4.78 is 11.3. The van der Waals surface area contributed by atoms with E-state index in [1.165, 1.54) is 13.0 Å². The number of anilines is 3. The Kier molecular flexibility index (Phi) is 8.58. The van der Waals surface area contributed by atoms with Crippen LogP contribution in [0.4, 0.5) is 22.7 Å². The average molecular weight is 550 g/mol. The van der Waals surface area contributed by atoms with Gasteiger partial charge in [-0.25, -0.2) is 4.85 Å². The van der Waals surface area contributed by atoms with Crippen LogP contribution in [-0.2, 0) is 11.3 Å². The van der Waals surface area contributed by atoms with Gasteiger partial charge < -0.3 is 24.6 Å². The van der Waals surface area contributed by atoms with Gasteiger partial charge in [-0.15, -0.1) is 5.73 Å². The summed E-state index contributed by atoms with van der Waals surface area (Å²) in [5.74, 6) is -0.485. The fourth-order valence-electron chi connectivity index (χ4n) is 4.26. The summed E-state index contributed by atoms with van der Waals surface area (Å²) in [6.07, 6.45) is 3.05. The summed E-state index contributed by atoms with van der Waals surface area (Å²) in [6.45, 7) is 8.10. The number of carboxylic acids is 1. The zero-order valence-corrected chi connectivity index (χ0v) is 22.7. The van der Waals surface area contributed by atoms with E-state index in [0.717, 1.165) is 34.1 Å². The van der Waals surface area contributed by atoms with Gasteiger partial charge in [-0.2, -0.15) is 0 Å². The molecule has 0 radical (unpaired) electrons. The van der Waals surface area contributed by atoms with Crippen LogP contribution in [0.2, 0.25) is 0 Å². The number of nitrogens with zero attached hydrogens (tertiary/aromatic N) is 3. The van der Waals surface area contributed by atoms with E-state index >= 15 is 0 Å². The highest BCUT2D eigenvalue weighted by Crippen LogP contribution is 2.36. The number of rotatable bonds is 9. The standard InChI is InChI=1S/C32H27N3O6/c1-21-28(31(38)34(20-29(36)37)32(39)30(21)33-2)7-5-6-22-8-10-23(11-9-22)35(24-12-16-26(40-3)17-13-24)25-14-18-27(41-4)19-15-25/h6-19,39H,20H2,1,3-4H3,(H,36,37). The first-order valence-electron chi connectivity index (χ1n) is 12.4. The fraction of sp³-hybridized carbons (Fsp3) is 0.125. The summed E-state index contributed by atoms with van der Waals surface area (Å²) in [7, 11) is 3.24. The summed E-state index contributed by atoms with van der Waals surface area (Å²) in [6, 6.07) is 23.1. The number of ether oxygens (including phenoxy) is 2. The van der Waals surface area contributed by atoms with Crippen LogP contribution in [0, 0.1) is 13.5 Å². The number of carboxylic acid groups (broad SMARTS) is 1. The molecule has 0 bridgehead atoms. The number of benzene rings is 3. The van der Waals surface area contributed by atoms with Crippen LogP contribution in [0.5, 0.6) is 17.4 Å². The zero-order valence-electron chi connectivity index (χ0n) is 22.7. The lowest BCUT2D eigenvalue weighted by Crippen LogP contribution is -2.26. The Morgan fingerprint density at radius 1 is 0.927 bits per heavy atom. The van der Waals surface area contributed by atoms with Crippen molar-refractivity contribution in [1.29, 1.82) is 0 Å². The van der Waals surface area contributed by atoms with E-state index in [0.29, 0.717) is 4.57 Å². The van der Waals surface area contributed by atoms with Crippen molar-refractivity contribution in [1.82, 2.24) is 4.57 Å². The Morgan fingerprint density at radius 2 is 1.41 bits per heavy atom. The highest BCUT2D eigenvalue weighted by molar-refractivity contribution is 5.78. The highest BCUT2D eigenvalue weighted by Gasteiger charge is 2.19. The molecule has 0 unspecified atom stereocenters. The van der Waals surface area contributed by atoms with Crippen molar-refractivity contribution in [3.8, 4) is 17.4 Å². The predicted molar refractivity (Wildman–Crippen MR) is 158 cm³/mol. The fourth-order valence-corrected chi connectivity index (χ4v) is 4.26. The molecule has 9 heteroatoms. The second kappa shape index (κ2) is 12.4. The van der Waals surface area contributed by atoms with E-state index in [4.69, 9.17) is 21.2 Å². The molecule has 0 spiro atoms. The van der Waals surface area contributed by atoms with E-state index in [9.17, 15) is 14.7 Å². The maximum atomic E-state index is 12.9. The van der Waals surface area contributed by atoms with Gasteiger partial charge in [-0.1, -0.05) is 12.1 Å². The third-order valence-electron chi connectivity index (χ3n) is 6.40. The monoisotopic (exact) mass is 549 g/mol. The quantitative estimate of drug-likeness (QED) is 0.186. The van der Waals surface area contributed by atoms with Gasteiger partial charge in [0.1, 0.15) is 18.0 Å². The van der Waals surface area contributed by atoms with Crippen LogP contribution in [0.3, 0.4) is 0 Å². The molecule has 1 aromatic heterocycles. The number of aliphatic carboxylic acids is 1. The van der Waals surface area contributed by atoms with Crippen molar-refractivity contribution in [2.24, 2.45) is 0 Å². The first-order valence-corrected chi connectivity index (χ1v) is 12.4. The molecule has 0 saturated carbocycles. The minimum absolute atomic E-state index is 0.0770. The molecule has 4 aromatic rings. The Hall–Kier alpha value is -5.71. The van der Waals surface area contributed by atoms with Crippen LogP contribution >= 0.6 is 0 Å². The van der Waals surface area contributed by atoms with Crippen LogP contribution in [0.25, 0.3) is 17.0 Å². The molecule has 4 rings (SSSR count). The molecule has 0 amide bonds. The number of hydrogen-bond donors (Lipinski definition) is 2. The molecule has 206 valence electrons. The molecule has 0 aliphatic carbocycles. The minimum Gasteiger partial charge on any atom is -0.503 e. The third kappa shape index (κ3) is 6.14. The number of aromatic nitrogens is 1. The lowest BCUT2D eigenvalue weighted by atomic mass is 10.1. The van der Waals surface area contributed by atoms with Gasteiger partial charge in [0, 0.05) is 22.6 Å². The summed E-state index contributed by atoms with van der Waals surface area (Å²) in [4.78, 5) is 29.4. The number of methoxy groups -OCH3 is 2. The second-order valence-corrected chi connectivity index (χ2v) is 8.89. The van der Waals surface area contributed by atoms with Crippen molar-refractivity contribution < 1.29 is 24.5 Å². The summed E-state index contributed by atoms with van der Waals surface area (Å²) in [5.41, 5.74) is 5.92. The molecule has 0 fully saturated rings. The molecule has 2 N–H and O–H groups in total. The number of pyridine rings is 1. The largest absolute Gasteiger partial charge is 0.503 e. The lowest BCUT2D eigenvalue weighted by molar-refractivity contribution is -0.137. The van der Waals surface area contributed by atoms with E-state index in [-0.39, 0.29) is 16.8 Å². The topological polar surface area (TPSA) is 106 Å². The van der Waals surface area contributed by atoms with Crippen molar-refractivity contribution in [2.45, 2.75) is 13.5 Å². The van der Waals surface area contributed by atoms with Crippen LogP contribution in [0.1, 0.15) is 16.7 Å². The number of aromatic hydroxyl groups is 1. The normalized spacial score (nSPS) is 10.2. The molecular formula is C32H27N3O6. The summed E-state index contributed by atoms with van der Waals surface area (Å²) >= 11 is 0. The van der Waals surface area contributed by atoms with Crippen LogP contribution in [0.15, 0.2) is 83.3 Å². The van der Waals surface area contributed by atoms with Gasteiger partial charge in [0.2, 0.25) is 5.69 Å².